The third-order valence-electron chi connectivity index (χ3n) is 0.485. The fourth-order valence-corrected chi connectivity index (χ4v) is 0. The molecule has 0 aromatic heterocycles. The molecule has 0 aliphatic heterocycles. The summed E-state index contributed by atoms with van der Waals surface area (Å²) in [5.74, 6) is -5.51. The van der Waals surface area contributed by atoms with Gasteiger partial charge in [0.25, 0.3) is 0 Å². The summed E-state index contributed by atoms with van der Waals surface area (Å²) in [4.78, 5) is 17.8. The van der Waals surface area contributed by atoms with Crippen LogP contribution in [0.1, 0.15) is 13.8 Å². The van der Waals surface area contributed by atoms with Gasteiger partial charge in [-0.3, -0.25) is 0 Å². The molecule has 0 rings (SSSR count). The van der Waals surface area contributed by atoms with Crippen LogP contribution >= 0.6 is 0 Å². The summed E-state index contributed by atoms with van der Waals surface area (Å²) in [6.45, 7) is 4.00. The van der Waals surface area contributed by atoms with E-state index in [1.165, 1.54) is 0 Å². The van der Waals surface area contributed by atoms with Crippen molar-refractivity contribution in [1.82, 2.24) is 0 Å². The van der Waals surface area contributed by atoms with E-state index in [1.807, 2.05) is 13.8 Å². The van der Waals surface area contributed by atoms with E-state index in [2.05, 4.69) is 0 Å². The van der Waals surface area contributed by atoms with Crippen molar-refractivity contribution >= 4 is 11.9 Å². The van der Waals surface area contributed by atoms with E-state index < -0.39 is 24.3 Å². The van der Waals surface area contributed by atoms with Crippen molar-refractivity contribution in [2.24, 2.45) is 0 Å². The summed E-state index contributed by atoms with van der Waals surface area (Å²) in [6.07, 6.45) is -10.2. The van der Waals surface area contributed by atoms with E-state index in [-0.39, 0.29) is 0 Å². The maximum Gasteiger partial charge on any atom is 0.490 e. The molecular formula is C6H8F6O4. The van der Waals surface area contributed by atoms with Crippen LogP contribution in [0.3, 0.4) is 0 Å². The number of carboxylic acids is 2. The first-order valence-electron chi connectivity index (χ1n) is 3.49. The summed E-state index contributed by atoms with van der Waals surface area (Å²) < 4.78 is 63.5. The molecule has 2 N–H and O–H groups in total. The Morgan fingerprint density at radius 2 is 0.812 bits per heavy atom. The topological polar surface area (TPSA) is 74.6 Å². The molecule has 0 radical (unpaired) electrons. The summed E-state index contributed by atoms with van der Waals surface area (Å²) in [6, 6.07) is 0. The van der Waals surface area contributed by atoms with Crippen LogP contribution in [0.5, 0.6) is 0 Å². The predicted molar refractivity (Wildman–Crippen MR) is 38.7 cm³/mol. The highest BCUT2D eigenvalue weighted by Crippen LogP contribution is 2.13. The van der Waals surface area contributed by atoms with Gasteiger partial charge in [-0.25, -0.2) is 9.59 Å². The lowest BCUT2D eigenvalue weighted by Crippen LogP contribution is -2.21. The van der Waals surface area contributed by atoms with Crippen LogP contribution in [-0.4, -0.2) is 34.5 Å². The quantitative estimate of drug-likeness (QED) is 0.657. The molecule has 0 bridgehead atoms. The van der Waals surface area contributed by atoms with E-state index in [4.69, 9.17) is 19.8 Å². The molecule has 0 spiro atoms. The van der Waals surface area contributed by atoms with E-state index in [0.29, 0.717) is 0 Å². The van der Waals surface area contributed by atoms with Gasteiger partial charge in [-0.15, -0.1) is 0 Å². The first kappa shape index (κ1) is 20.0. The highest BCUT2D eigenvalue weighted by atomic mass is 19.4. The second-order valence-electron chi connectivity index (χ2n) is 1.61. The van der Waals surface area contributed by atoms with E-state index >= 15 is 0 Å². The fraction of sp³-hybridized carbons (Fsp3) is 0.667. The first-order chi connectivity index (χ1) is 6.89. The highest BCUT2D eigenvalue weighted by molar-refractivity contribution is 5.73. The first-order valence-corrected chi connectivity index (χ1v) is 3.49. The molecule has 0 heterocycles. The smallest absolute Gasteiger partial charge is 0.475 e. The molecule has 0 aromatic rings. The fourth-order valence-electron chi connectivity index (χ4n) is 0. The van der Waals surface area contributed by atoms with Gasteiger partial charge in [0, 0.05) is 0 Å². The van der Waals surface area contributed by atoms with Gasteiger partial charge in [-0.05, 0) is 0 Å². The van der Waals surface area contributed by atoms with Crippen LogP contribution in [0.25, 0.3) is 0 Å². The Morgan fingerprint density at radius 3 is 0.812 bits per heavy atom. The monoisotopic (exact) mass is 262 g/mol. The van der Waals surface area contributed by atoms with Gasteiger partial charge in [-0.2, -0.15) is 26.3 Å². The van der Waals surface area contributed by atoms with Gasteiger partial charge in [0.2, 0.25) is 0 Å². The zero-order chi connectivity index (χ0) is 14.2. The molecule has 0 aliphatic rings. The average Bonchev–Trinajstić information content (AvgIpc) is 2.05. The molecule has 10 heteroatoms. The van der Waals surface area contributed by atoms with Gasteiger partial charge >= 0.3 is 24.3 Å². The third kappa shape index (κ3) is 15.0. The third-order valence-corrected chi connectivity index (χ3v) is 0.485. The van der Waals surface area contributed by atoms with Gasteiger partial charge in [0.1, 0.15) is 0 Å². The maximum absolute atomic E-state index is 10.6. The Kier molecular flexibility index (Phi) is 9.71. The van der Waals surface area contributed by atoms with E-state index in [0.717, 1.165) is 0 Å². The molecule has 0 aliphatic carbocycles. The molecule has 0 fully saturated rings. The van der Waals surface area contributed by atoms with Crippen LogP contribution in [0, 0.1) is 0 Å². The Bertz CT molecular complexity index is 194. The van der Waals surface area contributed by atoms with Crippen LogP contribution in [0.2, 0.25) is 0 Å². The summed E-state index contributed by atoms with van der Waals surface area (Å²) in [5.41, 5.74) is 0. The normalized spacial score (nSPS) is 10.2. The largest absolute Gasteiger partial charge is 0.490 e. The standard InChI is InChI=1S/2C2HF3O2.C2H6/c2*3-2(4,5)1(6)7;1-2/h2*(H,6,7);1-2H3/i2*1+2;. The number of hydrogen-bond acceptors (Lipinski definition) is 2. The number of carboxylic acid groups (broad SMARTS) is 2. The zero-order valence-electron chi connectivity index (χ0n) is 7.98. The molecule has 0 aromatic carbocycles. The summed E-state index contributed by atoms with van der Waals surface area (Å²) in [5, 5.41) is 14.2. The highest BCUT2D eigenvalue weighted by Gasteiger charge is 2.38. The van der Waals surface area contributed by atoms with Crippen molar-refractivity contribution in [1.29, 1.82) is 0 Å². The summed E-state index contributed by atoms with van der Waals surface area (Å²) >= 11 is 0. The number of hydrogen-bond donors (Lipinski definition) is 2. The Labute approximate surface area is 85.5 Å². The van der Waals surface area contributed by atoms with Gasteiger partial charge in [0.15, 0.2) is 0 Å². The molecule has 0 unspecified atom stereocenters. The molecular weight excluding hydrogens is 254 g/mol. The van der Waals surface area contributed by atoms with Gasteiger partial charge in [-0.1, -0.05) is 13.8 Å². The number of rotatable bonds is 0. The van der Waals surface area contributed by atoms with E-state index in [9.17, 15) is 26.3 Å². The van der Waals surface area contributed by atoms with Crippen LogP contribution in [0.4, 0.5) is 26.3 Å². The second-order valence-corrected chi connectivity index (χ2v) is 1.61. The van der Waals surface area contributed by atoms with Crippen molar-refractivity contribution in [3.8, 4) is 0 Å². The molecule has 0 atom stereocenters. The molecule has 0 saturated heterocycles. The lowest BCUT2D eigenvalue weighted by atomic mass is 11.0. The van der Waals surface area contributed by atoms with Gasteiger partial charge < -0.3 is 10.2 Å². The van der Waals surface area contributed by atoms with Crippen molar-refractivity contribution in [2.75, 3.05) is 0 Å². The Morgan fingerprint density at radius 1 is 0.750 bits per heavy atom. The number of alkyl halides is 6. The Hall–Kier alpha value is -1.48. The zero-order valence-corrected chi connectivity index (χ0v) is 7.98. The van der Waals surface area contributed by atoms with Crippen molar-refractivity contribution < 1.29 is 46.1 Å². The second kappa shape index (κ2) is 7.77. The minimum absolute atomic E-state index is 2.00. The van der Waals surface area contributed by atoms with Crippen LogP contribution in [0.15, 0.2) is 0 Å². The molecule has 0 amide bonds. The molecule has 16 heavy (non-hydrogen) atoms. The van der Waals surface area contributed by atoms with Crippen molar-refractivity contribution in [2.45, 2.75) is 26.2 Å². The Balaban J connectivity index is -0.000000183. The number of aliphatic carboxylic acids is 2. The minimum atomic E-state index is -5.08. The number of halogens is 6. The van der Waals surface area contributed by atoms with Gasteiger partial charge in [0.05, 0.1) is 0 Å². The molecule has 4 nitrogen and oxygen atoms in total. The minimum Gasteiger partial charge on any atom is -0.475 e. The summed E-state index contributed by atoms with van der Waals surface area (Å²) in [7, 11) is 0. The maximum atomic E-state index is 10.6. The number of carbonyl (C=O) groups is 2. The molecule has 0 saturated carbocycles. The van der Waals surface area contributed by atoms with Crippen LogP contribution < -0.4 is 0 Å². The average molecular weight is 262 g/mol. The van der Waals surface area contributed by atoms with Crippen LogP contribution in [-0.2, 0) is 9.59 Å². The lowest BCUT2D eigenvalue weighted by Gasteiger charge is -1.93. The predicted octanol–water partition coefficient (Wildman–Crippen LogP) is 2.29. The SMILES string of the molecule is CC.O=[14C](O)C(F)(F)F.O=[14C](O)C(F)(F)F. The van der Waals surface area contributed by atoms with E-state index in [1.54, 1.807) is 0 Å². The lowest BCUT2D eigenvalue weighted by molar-refractivity contribution is -0.193. The molecule has 98 valence electrons. The van der Waals surface area contributed by atoms with Crippen molar-refractivity contribution in [3.05, 3.63) is 0 Å². The van der Waals surface area contributed by atoms with Crippen molar-refractivity contribution in [3.63, 3.8) is 0 Å².